The molecule has 2 aromatic carbocycles. The minimum atomic E-state index is -3.63. The lowest BCUT2D eigenvalue weighted by Crippen LogP contribution is -2.30. The van der Waals surface area contributed by atoms with Crippen LogP contribution in [0, 0.1) is 5.92 Å². The van der Waals surface area contributed by atoms with Crippen molar-refractivity contribution in [3.63, 3.8) is 0 Å². The zero-order valence-corrected chi connectivity index (χ0v) is 15.0. The SMILES string of the molecule is O=S(=O)(NC[C@@H]1CCO[C@H]1c1ccccc1)c1cccc2ncccc12. The van der Waals surface area contributed by atoms with Crippen LogP contribution in [0.15, 0.2) is 71.8 Å². The molecule has 2 heterocycles. The van der Waals surface area contributed by atoms with Gasteiger partial charge in [-0.15, -0.1) is 0 Å². The number of hydrogen-bond acceptors (Lipinski definition) is 4. The Balaban J connectivity index is 1.55. The first-order valence-electron chi connectivity index (χ1n) is 8.65. The first kappa shape index (κ1) is 17.1. The molecular weight excluding hydrogens is 348 g/mol. The van der Waals surface area contributed by atoms with Gasteiger partial charge in [0.2, 0.25) is 10.0 Å². The lowest BCUT2D eigenvalue weighted by molar-refractivity contribution is 0.0917. The number of rotatable bonds is 5. The van der Waals surface area contributed by atoms with Gasteiger partial charge in [-0.05, 0) is 36.2 Å². The van der Waals surface area contributed by atoms with Crippen LogP contribution in [0.4, 0.5) is 0 Å². The molecule has 1 saturated heterocycles. The van der Waals surface area contributed by atoms with Gasteiger partial charge in [0.15, 0.2) is 0 Å². The van der Waals surface area contributed by atoms with E-state index in [1.165, 1.54) is 0 Å². The van der Waals surface area contributed by atoms with E-state index in [-0.39, 0.29) is 16.9 Å². The summed E-state index contributed by atoms with van der Waals surface area (Å²) in [7, 11) is -3.63. The Labute approximate surface area is 153 Å². The summed E-state index contributed by atoms with van der Waals surface area (Å²) in [6, 6.07) is 18.6. The summed E-state index contributed by atoms with van der Waals surface area (Å²) >= 11 is 0. The Hall–Kier alpha value is -2.28. The first-order valence-corrected chi connectivity index (χ1v) is 10.1. The van der Waals surface area contributed by atoms with Crippen molar-refractivity contribution in [2.75, 3.05) is 13.2 Å². The minimum absolute atomic E-state index is 0.0758. The summed E-state index contributed by atoms with van der Waals surface area (Å²) in [5.74, 6) is 0.111. The van der Waals surface area contributed by atoms with Gasteiger partial charge in [-0.25, -0.2) is 13.1 Å². The average molecular weight is 368 g/mol. The fourth-order valence-electron chi connectivity index (χ4n) is 3.46. The van der Waals surface area contributed by atoms with Crippen molar-refractivity contribution >= 4 is 20.9 Å². The van der Waals surface area contributed by atoms with E-state index < -0.39 is 10.0 Å². The monoisotopic (exact) mass is 368 g/mol. The van der Waals surface area contributed by atoms with Crippen LogP contribution in [0.3, 0.4) is 0 Å². The molecule has 0 aliphatic carbocycles. The highest BCUT2D eigenvalue weighted by Crippen LogP contribution is 2.34. The van der Waals surface area contributed by atoms with E-state index in [0.717, 1.165) is 12.0 Å². The van der Waals surface area contributed by atoms with Crippen LogP contribution in [-0.2, 0) is 14.8 Å². The number of hydrogen-bond donors (Lipinski definition) is 1. The molecule has 0 saturated carbocycles. The van der Waals surface area contributed by atoms with Crippen LogP contribution in [0.25, 0.3) is 10.9 Å². The van der Waals surface area contributed by atoms with Gasteiger partial charge in [-0.2, -0.15) is 0 Å². The van der Waals surface area contributed by atoms with E-state index in [2.05, 4.69) is 9.71 Å². The molecule has 1 aliphatic rings. The molecule has 6 heteroatoms. The molecule has 0 amide bonds. The number of pyridine rings is 1. The van der Waals surface area contributed by atoms with Crippen LogP contribution >= 0.6 is 0 Å². The molecule has 0 spiro atoms. The van der Waals surface area contributed by atoms with Crippen molar-refractivity contribution < 1.29 is 13.2 Å². The van der Waals surface area contributed by atoms with Gasteiger partial charge in [0.1, 0.15) is 0 Å². The van der Waals surface area contributed by atoms with Crippen molar-refractivity contribution in [1.82, 2.24) is 9.71 Å². The third-order valence-corrected chi connectivity index (χ3v) is 6.25. The maximum Gasteiger partial charge on any atom is 0.241 e. The summed E-state index contributed by atoms with van der Waals surface area (Å²) in [4.78, 5) is 4.49. The second-order valence-corrected chi connectivity index (χ2v) is 8.16. The third-order valence-electron chi connectivity index (χ3n) is 4.77. The van der Waals surface area contributed by atoms with Crippen molar-refractivity contribution in [3.05, 3.63) is 72.4 Å². The van der Waals surface area contributed by atoms with E-state index in [1.807, 2.05) is 36.4 Å². The Bertz CT molecular complexity index is 1000. The zero-order chi connectivity index (χ0) is 18.0. The molecule has 0 bridgehead atoms. The van der Waals surface area contributed by atoms with Gasteiger partial charge >= 0.3 is 0 Å². The highest BCUT2D eigenvalue weighted by atomic mass is 32.2. The van der Waals surface area contributed by atoms with Gasteiger partial charge in [-0.3, -0.25) is 4.98 Å². The number of sulfonamides is 1. The molecule has 1 N–H and O–H groups in total. The molecule has 3 aromatic rings. The summed E-state index contributed by atoms with van der Waals surface area (Å²) < 4.78 is 34.4. The van der Waals surface area contributed by atoms with Crippen molar-refractivity contribution in [3.8, 4) is 0 Å². The normalized spacial score (nSPS) is 20.5. The standard InChI is InChI=1S/C20H20N2O3S/c23-26(24,19-10-4-9-18-17(19)8-5-12-21-18)22-14-16-11-13-25-20(16)15-6-2-1-3-7-15/h1-10,12,16,20,22H,11,13-14H2/t16-,20-/m0/s1. The highest BCUT2D eigenvalue weighted by Gasteiger charge is 2.31. The van der Waals surface area contributed by atoms with Crippen LogP contribution < -0.4 is 4.72 Å². The number of ether oxygens (including phenoxy) is 1. The third kappa shape index (κ3) is 3.35. The average Bonchev–Trinajstić information content (AvgIpc) is 3.15. The second-order valence-electron chi connectivity index (χ2n) is 6.43. The molecule has 4 rings (SSSR count). The maximum atomic E-state index is 12.9. The molecule has 0 unspecified atom stereocenters. The van der Waals surface area contributed by atoms with Gasteiger partial charge in [0, 0.05) is 30.7 Å². The van der Waals surface area contributed by atoms with Gasteiger partial charge in [0.05, 0.1) is 16.5 Å². The Morgan fingerprint density at radius 3 is 2.73 bits per heavy atom. The molecule has 0 radical (unpaired) electrons. The molecule has 26 heavy (non-hydrogen) atoms. The van der Waals surface area contributed by atoms with Crippen LogP contribution in [0.5, 0.6) is 0 Å². The largest absolute Gasteiger partial charge is 0.373 e. The lowest BCUT2D eigenvalue weighted by atomic mass is 9.96. The summed E-state index contributed by atoms with van der Waals surface area (Å²) in [6.07, 6.45) is 2.42. The predicted octanol–water partition coefficient (Wildman–Crippen LogP) is 3.29. The number of benzene rings is 2. The molecule has 5 nitrogen and oxygen atoms in total. The fourth-order valence-corrected chi connectivity index (χ4v) is 4.77. The first-order chi connectivity index (χ1) is 12.6. The summed E-state index contributed by atoms with van der Waals surface area (Å²) in [5.41, 5.74) is 1.75. The highest BCUT2D eigenvalue weighted by molar-refractivity contribution is 7.89. The molecule has 1 aromatic heterocycles. The minimum Gasteiger partial charge on any atom is -0.373 e. The van der Waals surface area contributed by atoms with E-state index in [0.29, 0.717) is 24.1 Å². The maximum absolute atomic E-state index is 12.9. The van der Waals surface area contributed by atoms with Crippen molar-refractivity contribution in [1.29, 1.82) is 0 Å². The quantitative estimate of drug-likeness (QED) is 0.750. The summed E-state index contributed by atoms with van der Waals surface area (Å²) in [5, 5.41) is 0.629. The number of nitrogens with zero attached hydrogens (tertiary/aromatic N) is 1. The molecule has 134 valence electrons. The molecule has 2 atom stereocenters. The van der Waals surface area contributed by atoms with Gasteiger partial charge in [0.25, 0.3) is 0 Å². The predicted molar refractivity (Wildman–Crippen MR) is 100 cm³/mol. The summed E-state index contributed by atoms with van der Waals surface area (Å²) in [6.45, 7) is 0.989. The smallest absolute Gasteiger partial charge is 0.241 e. The fraction of sp³-hybridized carbons (Fsp3) is 0.250. The van der Waals surface area contributed by atoms with E-state index in [9.17, 15) is 8.42 Å². The van der Waals surface area contributed by atoms with E-state index in [1.54, 1.807) is 30.5 Å². The van der Waals surface area contributed by atoms with E-state index in [4.69, 9.17) is 4.74 Å². The molecule has 1 aliphatic heterocycles. The van der Waals surface area contributed by atoms with Crippen LogP contribution in [0.1, 0.15) is 18.1 Å². The zero-order valence-electron chi connectivity index (χ0n) is 14.2. The van der Waals surface area contributed by atoms with E-state index >= 15 is 0 Å². The Kier molecular flexibility index (Phi) is 4.72. The Morgan fingerprint density at radius 1 is 1.04 bits per heavy atom. The Morgan fingerprint density at radius 2 is 1.88 bits per heavy atom. The van der Waals surface area contributed by atoms with Crippen molar-refractivity contribution in [2.45, 2.75) is 17.4 Å². The molecular formula is C20H20N2O3S. The molecule has 1 fully saturated rings. The number of aromatic nitrogens is 1. The second kappa shape index (κ2) is 7.15. The number of fused-ring (bicyclic) bond motifs is 1. The van der Waals surface area contributed by atoms with Crippen LogP contribution in [0.2, 0.25) is 0 Å². The van der Waals surface area contributed by atoms with Crippen LogP contribution in [-0.4, -0.2) is 26.6 Å². The van der Waals surface area contributed by atoms with Gasteiger partial charge in [-0.1, -0.05) is 36.4 Å². The topological polar surface area (TPSA) is 68.3 Å². The lowest BCUT2D eigenvalue weighted by Gasteiger charge is -2.19. The van der Waals surface area contributed by atoms with Crippen molar-refractivity contribution in [2.24, 2.45) is 5.92 Å². The van der Waals surface area contributed by atoms with Gasteiger partial charge < -0.3 is 4.74 Å². The number of nitrogens with one attached hydrogen (secondary N) is 1.